The third-order valence-electron chi connectivity index (χ3n) is 3.41. The average Bonchev–Trinajstić information content (AvgIpc) is 2.36. The Balaban J connectivity index is 2.91. The molecule has 1 atom stereocenters. The molecule has 1 aromatic carbocycles. The number of nitrogens with zero attached hydrogens (tertiary/aromatic N) is 1. The molecule has 0 amide bonds. The van der Waals surface area contributed by atoms with Gasteiger partial charge in [-0.1, -0.05) is 23.7 Å². The van der Waals surface area contributed by atoms with E-state index in [0.29, 0.717) is 10.6 Å². The molecule has 0 aromatic heterocycles. The standard InChI is InChI=1S/C14H20ClNO2/c1-10(16(4)14(2,3)9-17)13(18)11-6-5-7-12(15)8-11/h5-8,10,17H,9H2,1-4H3. The number of benzene rings is 1. The third-order valence-corrected chi connectivity index (χ3v) is 3.65. The molecule has 0 spiro atoms. The van der Waals surface area contributed by atoms with Gasteiger partial charge in [-0.05, 0) is 40.0 Å². The molecule has 0 heterocycles. The van der Waals surface area contributed by atoms with Crippen molar-refractivity contribution in [1.82, 2.24) is 4.90 Å². The van der Waals surface area contributed by atoms with Crippen LogP contribution in [0.5, 0.6) is 0 Å². The molecule has 1 aromatic rings. The summed E-state index contributed by atoms with van der Waals surface area (Å²) < 4.78 is 0. The number of Topliss-reactive ketones (excluding diaryl/α,β-unsaturated/α-hetero) is 1. The summed E-state index contributed by atoms with van der Waals surface area (Å²) in [4.78, 5) is 14.2. The zero-order valence-corrected chi connectivity index (χ0v) is 12.0. The summed E-state index contributed by atoms with van der Waals surface area (Å²) in [6.07, 6.45) is 0. The molecule has 1 unspecified atom stereocenters. The fourth-order valence-corrected chi connectivity index (χ4v) is 1.88. The van der Waals surface area contributed by atoms with Crippen molar-refractivity contribution in [3.63, 3.8) is 0 Å². The van der Waals surface area contributed by atoms with E-state index in [1.807, 2.05) is 32.7 Å². The van der Waals surface area contributed by atoms with Crippen LogP contribution in [0, 0.1) is 0 Å². The summed E-state index contributed by atoms with van der Waals surface area (Å²) in [5.41, 5.74) is 0.156. The Bertz CT molecular complexity index is 432. The quantitative estimate of drug-likeness (QED) is 0.836. The van der Waals surface area contributed by atoms with E-state index in [1.54, 1.807) is 24.3 Å². The Hall–Kier alpha value is -0.900. The van der Waals surface area contributed by atoms with Gasteiger partial charge in [-0.3, -0.25) is 9.69 Å². The van der Waals surface area contributed by atoms with Crippen LogP contribution in [-0.4, -0.2) is 41.0 Å². The maximum absolute atomic E-state index is 12.3. The second-order valence-corrected chi connectivity index (χ2v) is 5.57. The number of ketones is 1. The van der Waals surface area contributed by atoms with E-state index >= 15 is 0 Å². The lowest BCUT2D eigenvalue weighted by molar-refractivity contribution is 0.0438. The molecule has 1 N–H and O–H groups in total. The normalized spacial score (nSPS) is 13.7. The number of hydrogen-bond acceptors (Lipinski definition) is 3. The molecule has 0 aliphatic carbocycles. The highest BCUT2D eigenvalue weighted by Gasteiger charge is 2.30. The van der Waals surface area contributed by atoms with Gasteiger partial charge in [0.1, 0.15) is 0 Å². The maximum Gasteiger partial charge on any atom is 0.179 e. The van der Waals surface area contributed by atoms with Crippen molar-refractivity contribution in [2.75, 3.05) is 13.7 Å². The van der Waals surface area contributed by atoms with Crippen molar-refractivity contribution in [2.24, 2.45) is 0 Å². The van der Waals surface area contributed by atoms with Gasteiger partial charge < -0.3 is 5.11 Å². The highest BCUT2D eigenvalue weighted by atomic mass is 35.5. The zero-order valence-electron chi connectivity index (χ0n) is 11.3. The largest absolute Gasteiger partial charge is 0.394 e. The van der Waals surface area contributed by atoms with Gasteiger partial charge in [-0.25, -0.2) is 0 Å². The number of carbonyl (C=O) groups excluding carboxylic acids is 1. The van der Waals surface area contributed by atoms with E-state index in [9.17, 15) is 9.90 Å². The van der Waals surface area contributed by atoms with Crippen molar-refractivity contribution >= 4 is 17.4 Å². The fourth-order valence-electron chi connectivity index (χ4n) is 1.69. The molecule has 0 aliphatic rings. The lowest BCUT2D eigenvalue weighted by atomic mass is 9.98. The number of rotatable bonds is 5. The zero-order chi connectivity index (χ0) is 13.9. The molecule has 3 nitrogen and oxygen atoms in total. The van der Waals surface area contributed by atoms with Crippen molar-refractivity contribution in [2.45, 2.75) is 32.4 Å². The Morgan fingerprint density at radius 1 is 1.50 bits per heavy atom. The summed E-state index contributed by atoms with van der Waals surface area (Å²) in [5.74, 6) is 0.00141. The molecule has 18 heavy (non-hydrogen) atoms. The van der Waals surface area contributed by atoms with Crippen molar-refractivity contribution in [1.29, 1.82) is 0 Å². The predicted octanol–water partition coefficient (Wildman–Crippen LogP) is 2.61. The van der Waals surface area contributed by atoms with Gasteiger partial charge in [0.25, 0.3) is 0 Å². The Morgan fingerprint density at radius 2 is 2.11 bits per heavy atom. The van der Waals surface area contributed by atoms with Gasteiger partial charge >= 0.3 is 0 Å². The molecule has 0 fully saturated rings. The van der Waals surface area contributed by atoms with E-state index in [-0.39, 0.29) is 18.4 Å². The Morgan fingerprint density at radius 3 is 2.61 bits per heavy atom. The van der Waals surface area contributed by atoms with Crippen molar-refractivity contribution < 1.29 is 9.90 Å². The van der Waals surface area contributed by atoms with E-state index < -0.39 is 5.54 Å². The minimum absolute atomic E-state index is 0.00141. The first kappa shape index (κ1) is 15.2. The van der Waals surface area contributed by atoms with Crippen LogP contribution in [0.25, 0.3) is 0 Å². The van der Waals surface area contributed by atoms with Crippen LogP contribution in [0.4, 0.5) is 0 Å². The van der Waals surface area contributed by atoms with E-state index in [0.717, 1.165) is 0 Å². The lowest BCUT2D eigenvalue weighted by Gasteiger charge is -2.37. The SMILES string of the molecule is CC(C(=O)c1cccc(Cl)c1)N(C)C(C)(C)CO. The maximum atomic E-state index is 12.3. The second-order valence-electron chi connectivity index (χ2n) is 5.13. The van der Waals surface area contributed by atoms with Crippen molar-refractivity contribution in [3.8, 4) is 0 Å². The average molecular weight is 270 g/mol. The lowest BCUT2D eigenvalue weighted by Crippen LogP contribution is -2.51. The summed E-state index contributed by atoms with van der Waals surface area (Å²) in [7, 11) is 1.84. The third kappa shape index (κ3) is 3.31. The second kappa shape index (κ2) is 5.83. The molecule has 0 aliphatic heterocycles. The number of likely N-dealkylation sites (N-methyl/N-ethyl adjacent to an activating group) is 1. The van der Waals surface area contributed by atoms with Gasteiger partial charge in [0.05, 0.1) is 12.6 Å². The van der Waals surface area contributed by atoms with Gasteiger partial charge in [0, 0.05) is 16.1 Å². The Labute approximate surface area is 113 Å². The van der Waals surface area contributed by atoms with Crippen LogP contribution in [0.2, 0.25) is 5.02 Å². The molecule has 0 radical (unpaired) electrons. The number of carbonyl (C=O) groups is 1. The number of hydrogen-bond donors (Lipinski definition) is 1. The van der Waals surface area contributed by atoms with E-state index in [2.05, 4.69) is 0 Å². The van der Waals surface area contributed by atoms with Crippen LogP contribution in [-0.2, 0) is 0 Å². The number of halogens is 1. The molecule has 1 rings (SSSR count). The molecular formula is C14H20ClNO2. The fraction of sp³-hybridized carbons (Fsp3) is 0.500. The molecule has 4 heteroatoms. The predicted molar refractivity (Wildman–Crippen MR) is 74.2 cm³/mol. The van der Waals surface area contributed by atoms with Gasteiger partial charge in [0.15, 0.2) is 5.78 Å². The first-order valence-corrected chi connectivity index (χ1v) is 6.31. The van der Waals surface area contributed by atoms with Crippen LogP contribution in [0.1, 0.15) is 31.1 Å². The molecule has 0 bridgehead atoms. The number of aliphatic hydroxyl groups is 1. The Kier molecular flexibility index (Phi) is 4.91. The smallest absolute Gasteiger partial charge is 0.179 e. The topological polar surface area (TPSA) is 40.5 Å². The van der Waals surface area contributed by atoms with Gasteiger partial charge in [0.2, 0.25) is 0 Å². The number of aliphatic hydroxyl groups excluding tert-OH is 1. The first-order chi connectivity index (χ1) is 8.29. The highest BCUT2D eigenvalue weighted by Crippen LogP contribution is 2.19. The monoisotopic (exact) mass is 269 g/mol. The highest BCUT2D eigenvalue weighted by molar-refractivity contribution is 6.31. The molecule has 100 valence electrons. The summed E-state index contributed by atoms with van der Waals surface area (Å²) >= 11 is 5.88. The molecule has 0 saturated heterocycles. The van der Waals surface area contributed by atoms with Crippen LogP contribution in [0.15, 0.2) is 24.3 Å². The van der Waals surface area contributed by atoms with Crippen LogP contribution >= 0.6 is 11.6 Å². The van der Waals surface area contributed by atoms with Crippen LogP contribution in [0.3, 0.4) is 0 Å². The summed E-state index contributed by atoms with van der Waals surface area (Å²) in [5, 5.41) is 9.89. The summed E-state index contributed by atoms with van der Waals surface area (Å²) in [6, 6.07) is 6.61. The van der Waals surface area contributed by atoms with Gasteiger partial charge in [-0.15, -0.1) is 0 Å². The summed E-state index contributed by atoms with van der Waals surface area (Å²) in [6.45, 7) is 5.63. The van der Waals surface area contributed by atoms with Crippen molar-refractivity contribution in [3.05, 3.63) is 34.9 Å². The first-order valence-electron chi connectivity index (χ1n) is 5.93. The van der Waals surface area contributed by atoms with E-state index in [1.165, 1.54) is 0 Å². The molecule has 0 saturated carbocycles. The minimum atomic E-state index is -0.437. The minimum Gasteiger partial charge on any atom is -0.394 e. The molecular weight excluding hydrogens is 250 g/mol. The van der Waals surface area contributed by atoms with E-state index in [4.69, 9.17) is 11.6 Å². The van der Waals surface area contributed by atoms with Gasteiger partial charge in [-0.2, -0.15) is 0 Å². The van der Waals surface area contributed by atoms with Crippen LogP contribution < -0.4 is 0 Å².